The summed E-state index contributed by atoms with van der Waals surface area (Å²) in [6, 6.07) is 11.6. The van der Waals surface area contributed by atoms with Crippen LogP contribution in [0.3, 0.4) is 0 Å². The van der Waals surface area contributed by atoms with Gasteiger partial charge in [0.25, 0.3) is 11.8 Å². The maximum Gasteiger partial charge on any atom is 0.276 e. The molecule has 0 bridgehead atoms. The predicted octanol–water partition coefficient (Wildman–Crippen LogP) is 4.37. The molecule has 150 valence electrons. The van der Waals surface area contributed by atoms with E-state index in [1.807, 2.05) is 0 Å². The van der Waals surface area contributed by atoms with Gasteiger partial charge < -0.3 is 9.47 Å². The Bertz CT molecular complexity index is 812. The Morgan fingerprint density at radius 3 is 2.43 bits per heavy atom. The molecular weight excluding hydrogens is 448 g/mol. The third-order valence-electron chi connectivity index (χ3n) is 3.65. The van der Waals surface area contributed by atoms with Gasteiger partial charge in [0.2, 0.25) is 0 Å². The first-order valence-electron chi connectivity index (χ1n) is 8.75. The summed E-state index contributed by atoms with van der Waals surface area (Å²) < 4.78 is 11.7. The number of carbonyl (C=O) groups excluding carboxylic acids is 2. The van der Waals surface area contributed by atoms with Crippen molar-refractivity contribution in [1.82, 2.24) is 10.9 Å². The van der Waals surface area contributed by atoms with Crippen LogP contribution in [0.2, 0.25) is 5.02 Å². The Morgan fingerprint density at radius 1 is 1.07 bits per heavy atom. The molecule has 0 saturated heterocycles. The van der Waals surface area contributed by atoms with Crippen LogP contribution in [-0.4, -0.2) is 25.0 Å². The smallest absolute Gasteiger partial charge is 0.276 e. The van der Waals surface area contributed by atoms with Crippen molar-refractivity contribution in [2.75, 3.05) is 13.2 Å². The van der Waals surface area contributed by atoms with Crippen LogP contribution >= 0.6 is 27.5 Å². The largest absolute Gasteiger partial charge is 0.492 e. The molecule has 28 heavy (non-hydrogen) atoms. The van der Waals surface area contributed by atoms with E-state index < -0.39 is 11.8 Å². The molecule has 2 N–H and O–H groups in total. The van der Waals surface area contributed by atoms with Gasteiger partial charge in [0, 0.05) is 10.6 Å². The van der Waals surface area contributed by atoms with Crippen molar-refractivity contribution in [1.29, 1.82) is 0 Å². The average molecular weight is 470 g/mol. The molecule has 2 aromatic carbocycles. The van der Waals surface area contributed by atoms with Gasteiger partial charge >= 0.3 is 0 Å². The second kappa shape index (κ2) is 10.9. The van der Waals surface area contributed by atoms with Gasteiger partial charge in [-0.05, 0) is 70.7 Å². The second-order valence-corrected chi connectivity index (χ2v) is 7.71. The van der Waals surface area contributed by atoms with E-state index in [4.69, 9.17) is 21.1 Å². The number of hydrogen-bond acceptors (Lipinski definition) is 4. The number of halogens is 2. The molecule has 0 fully saturated rings. The van der Waals surface area contributed by atoms with E-state index in [1.165, 1.54) is 0 Å². The third-order valence-corrected chi connectivity index (χ3v) is 4.52. The average Bonchev–Trinajstić information content (AvgIpc) is 2.66. The molecule has 0 unspecified atom stereocenters. The van der Waals surface area contributed by atoms with Crippen molar-refractivity contribution in [3.8, 4) is 11.5 Å². The number of carbonyl (C=O) groups is 2. The van der Waals surface area contributed by atoms with Crippen molar-refractivity contribution >= 4 is 39.3 Å². The molecule has 6 nitrogen and oxygen atoms in total. The Morgan fingerprint density at radius 2 is 1.79 bits per heavy atom. The van der Waals surface area contributed by atoms with Crippen LogP contribution in [0.25, 0.3) is 0 Å². The lowest BCUT2D eigenvalue weighted by molar-refractivity contribution is -0.123. The highest BCUT2D eigenvalue weighted by Crippen LogP contribution is 2.26. The zero-order chi connectivity index (χ0) is 20.5. The van der Waals surface area contributed by atoms with Gasteiger partial charge in [-0.25, -0.2) is 0 Å². The van der Waals surface area contributed by atoms with Gasteiger partial charge in [0.05, 0.1) is 11.1 Å². The highest BCUT2D eigenvalue weighted by molar-refractivity contribution is 9.10. The number of rotatable bonds is 8. The van der Waals surface area contributed by atoms with Gasteiger partial charge in [-0.1, -0.05) is 25.4 Å². The third kappa shape index (κ3) is 7.40. The van der Waals surface area contributed by atoms with Gasteiger partial charge in [-0.15, -0.1) is 0 Å². The zero-order valence-corrected chi connectivity index (χ0v) is 18.0. The fraction of sp³-hybridized carbons (Fsp3) is 0.300. The number of hydrogen-bond donors (Lipinski definition) is 2. The Hall–Kier alpha value is -2.25. The van der Waals surface area contributed by atoms with Crippen molar-refractivity contribution in [2.24, 2.45) is 5.92 Å². The lowest BCUT2D eigenvalue weighted by atomic mass is 10.1. The standard InChI is InChI=1S/C20H22BrClN2O4/c1-13(2)9-10-27-18-8-3-14(11-17(18)21)20(26)24-23-19(25)12-28-16-6-4-15(22)5-7-16/h3-8,11,13H,9-10,12H2,1-2H3,(H,23,25)(H,24,26). The number of amides is 2. The zero-order valence-electron chi connectivity index (χ0n) is 15.6. The molecule has 2 rings (SSSR count). The summed E-state index contributed by atoms with van der Waals surface area (Å²) in [5, 5.41) is 0.576. The molecule has 0 aliphatic heterocycles. The highest BCUT2D eigenvalue weighted by atomic mass is 79.9. The summed E-state index contributed by atoms with van der Waals surface area (Å²) in [6.07, 6.45) is 0.943. The van der Waals surface area contributed by atoms with E-state index >= 15 is 0 Å². The van der Waals surface area contributed by atoms with Crippen molar-refractivity contribution < 1.29 is 19.1 Å². The van der Waals surface area contributed by atoms with E-state index in [1.54, 1.807) is 42.5 Å². The molecule has 0 heterocycles. The molecule has 0 aromatic heterocycles. The molecule has 0 saturated carbocycles. The maximum atomic E-state index is 12.2. The second-order valence-electron chi connectivity index (χ2n) is 6.42. The van der Waals surface area contributed by atoms with Crippen LogP contribution in [-0.2, 0) is 4.79 Å². The fourth-order valence-electron chi connectivity index (χ4n) is 2.08. The predicted molar refractivity (Wildman–Crippen MR) is 112 cm³/mol. The van der Waals surface area contributed by atoms with Gasteiger partial charge in [0.1, 0.15) is 11.5 Å². The first-order valence-corrected chi connectivity index (χ1v) is 9.92. The molecule has 0 radical (unpaired) electrons. The molecule has 0 aliphatic carbocycles. The minimum Gasteiger partial charge on any atom is -0.492 e. The molecule has 2 aromatic rings. The molecular formula is C20H22BrClN2O4. The number of nitrogens with one attached hydrogen (secondary N) is 2. The summed E-state index contributed by atoms with van der Waals surface area (Å²) in [5.41, 5.74) is 5.03. The lowest BCUT2D eigenvalue weighted by Crippen LogP contribution is -2.43. The fourth-order valence-corrected chi connectivity index (χ4v) is 2.70. The SMILES string of the molecule is CC(C)CCOc1ccc(C(=O)NNC(=O)COc2ccc(Cl)cc2)cc1Br. The van der Waals surface area contributed by atoms with E-state index in [2.05, 4.69) is 40.6 Å². The molecule has 0 spiro atoms. The monoisotopic (exact) mass is 468 g/mol. The topological polar surface area (TPSA) is 76.7 Å². The summed E-state index contributed by atoms with van der Waals surface area (Å²) in [7, 11) is 0. The highest BCUT2D eigenvalue weighted by Gasteiger charge is 2.11. The first-order chi connectivity index (χ1) is 13.3. The van der Waals surface area contributed by atoms with Crippen molar-refractivity contribution in [2.45, 2.75) is 20.3 Å². The quantitative estimate of drug-likeness (QED) is 0.563. The first kappa shape index (κ1) is 22.0. The molecule has 0 aliphatic rings. The number of ether oxygens (including phenoxy) is 2. The van der Waals surface area contributed by atoms with Gasteiger partial charge in [0.15, 0.2) is 6.61 Å². The van der Waals surface area contributed by atoms with Crippen LogP contribution in [0, 0.1) is 5.92 Å². The van der Waals surface area contributed by atoms with E-state index in [0.29, 0.717) is 39.1 Å². The Kier molecular flexibility index (Phi) is 8.60. The maximum absolute atomic E-state index is 12.2. The summed E-state index contributed by atoms with van der Waals surface area (Å²) in [4.78, 5) is 24.0. The lowest BCUT2D eigenvalue weighted by Gasteiger charge is -2.12. The minimum absolute atomic E-state index is 0.242. The van der Waals surface area contributed by atoms with Crippen LogP contribution in [0.1, 0.15) is 30.6 Å². The van der Waals surface area contributed by atoms with Crippen LogP contribution in [0.4, 0.5) is 0 Å². The van der Waals surface area contributed by atoms with Crippen LogP contribution in [0.5, 0.6) is 11.5 Å². The van der Waals surface area contributed by atoms with Crippen LogP contribution < -0.4 is 20.3 Å². The summed E-state index contributed by atoms with van der Waals surface area (Å²) >= 11 is 9.18. The summed E-state index contributed by atoms with van der Waals surface area (Å²) in [6.45, 7) is 4.61. The Labute approximate surface area is 177 Å². The molecule has 2 amide bonds. The molecule has 8 heteroatoms. The minimum atomic E-state index is -0.490. The Balaban J connectivity index is 1.79. The normalized spacial score (nSPS) is 10.5. The van der Waals surface area contributed by atoms with Crippen LogP contribution in [0.15, 0.2) is 46.9 Å². The van der Waals surface area contributed by atoms with Crippen molar-refractivity contribution in [3.05, 3.63) is 57.5 Å². The van der Waals surface area contributed by atoms with Gasteiger partial charge in [-0.3, -0.25) is 20.4 Å². The van der Waals surface area contributed by atoms with E-state index in [0.717, 1.165) is 6.42 Å². The van der Waals surface area contributed by atoms with Gasteiger partial charge in [-0.2, -0.15) is 0 Å². The number of hydrazine groups is 1. The van der Waals surface area contributed by atoms with Crippen molar-refractivity contribution in [3.63, 3.8) is 0 Å². The molecule has 0 atom stereocenters. The van der Waals surface area contributed by atoms with E-state index in [-0.39, 0.29) is 6.61 Å². The number of benzene rings is 2. The summed E-state index contributed by atoms with van der Waals surface area (Å²) in [5.74, 6) is 0.779. The van der Waals surface area contributed by atoms with E-state index in [9.17, 15) is 9.59 Å².